The Bertz CT molecular complexity index is 336. The molecule has 3 nitrogen and oxygen atoms in total. The molecule has 0 aliphatic heterocycles. The van der Waals surface area contributed by atoms with Crippen LogP contribution in [0.2, 0.25) is 0 Å². The first-order valence-electron chi connectivity index (χ1n) is 8.25. The fourth-order valence-corrected chi connectivity index (χ4v) is 3.93. The minimum atomic E-state index is -0.422. The van der Waals surface area contributed by atoms with Gasteiger partial charge in [-0.15, -0.1) is 0 Å². The molecule has 2 atom stereocenters. The van der Waals surface area contributed by atoms with Crippen molar-refractivity contribution in [3.8, 4) is 0 Å². The lowest BCUT2D eigenvalue weighted by atomic mass is 9.65. The Labute approximate surface area is 123 Å². The van der Waals surface area contributed by atoms with Crippen LogP contribution in [-0.2, 0) is 9.53 Å². The van der Waals surface area contributed by atoms with E-state index in [1.165, 1.54) is 25.7 Å². The maximum absolute atomic E-state index is 12.5. The normalized spacial score (nSPS) is 33.8. The minimum Gasteiger partial charge on any atom is -0.459 e. The van der Waals surface area contributed by atoms with Crippen LogP contribution < -0.4 is 0 Å². The summed E-state index contributed by atoms with van der Waals surface area (Å²) < 4.78 is 6.01. The molecule has 0 aromatic carbocycles. The summed E-state index contributed by atoms with van der Waals surface area (Å²) in [7, 11) is 0. The standard InChI is InChI=1S/C17H30O3/c1-4-16(2,3)15(19)20-17(8-9-18)11-13-6-5-7-14(10-13)12-17/h13-14,18H,4-12H2,1-3H3. The maximum Gasteiger partial charge on any atom is 0.312 e. The predicted octanol–water partition coefficient (Wildman–Crippen LogP) is 3.69. The number of fused-ring (bicyclic) bond motifs is 2. The van der Waals surface area contributed by atoms with Gasteiger partial charge in [-0.25, -0.2) is 0 Å². The Kier molecular flexibility index (Phi) is 4.78. The fraction of sp³-hybridized carbons (Fsp3) is 0.941. The Balaban J connectivity index is 2.11. The first-order chi connectivity index (χ1) is 9.41. The van der Waals surface area contributed by atoms with E-state index in [-0.39, 0.29) is 12.6 Å². The average Bonchev–Trinajstić information content (AvgIpc) is 2.38. The lowest BCUT2D eigenvalue weighted by Gasteiger charge is -2.47. The van der Waals surface area contributed by atoms with Crippen molar-refractivity contribution in [2.75, 3.05) is 6.61 Å². The number of ether oxygens (including phenoxy) is 1. The van der Waals surface area contributed by atoms with Crippen LogP contribution in [0, 0.1) is 17.3 Å². The van der Waals surface area contributed by atoms with Crippen LogP contribution in [0.3, 0.4) is 0 Å². The second-order valence-electron chi connectivity index (χ2n) is 7.59. The van der Waals surface area contributed by atoms with Gasteiger partial charge in [-0.3, -0.25) is 4.79 Å². The van der Waals surface area contributed by atoms with E-state index < -0.39 is 11.0 Å². The highest BCUT2D eigenvalue weighted by atomic mass is 16.6. The number of aliphatic hydroxyl groups is 1. The summed E-state index contributed by atoms with van der Waals surface area (Å²) in [6.07, 6.45) is 8.43. The van der Waals surface area contributed by atoms with Crippen molar-refractivity contribution in [2.45, 2.75) is 77.7 Å². The molecular formula is C17H30O3. The summed E-state index contributed by atoms with van der Waals surface area (Å²) in [5, 5.41) is 9.43. The quantitative estimate of drug-likeness (QED) is 0.782. The molecule has 2 saturated carbocycles. The SMILES string of the molecule is CCC(C)(C)C(=O)OC1(CCO)CC2CCCC(C2)C1. The van der Waals surface area contributed by atoms with E-state index in [2.05, 4.69) is 0 Å². The molecule has 116 valence electrons. The van der Waals surface area contributed by atoms with Crippen LogP contribution in [0.4, 0.5) is 0 Å². The largest absolute Gasteiger partial charge is 0.459 e. The highest BCUT2D eigenvalue weighted by Gasteiger charge is 2.46. The molecule has 0 aromatic heterocycles. The smallest absolute Gasteiger partial charge is 0.312 e. The van der Waals surface area contributed by atoms with Gasteiger partial charge in [0.25, 0.3) is 0 Å². The summed E-state index contributed by atoms with van der Waals surface area (Å²) in [6, 6.07) is 0. The van der Waals surface area contributed by atoms with Crippen LogP contribution >= 0.6 is 0 Å². The molecule has 3 heteroatoms. The molecule has 2 fully saturated rings. The molecular weight excluding hydrogens is 252 g/mol. The van der Waals surface area contributed by atoms with Crippen molar-refractivity contribution >= 4 is 5.97 Å². The number of aliphatic hydroxyl groups excluding tert-OH is 1. The molecule has 2 aliphatic carbocycles. The molecule has 2 rings (SSSR count). The lowest BCUT2D eigenvalue weighted by molar-refractivity contribution is -0.182. The lowest BCUT2D eigenvalue weighted by Crippen LogP contribution is -2.47. The summed E-state index contributed by atoms with van der Waals surface area (Å²) in [5.74, 6) is 1.28. The topological polar surface area (TPSA) is 46.5 Å². The van der Waals surface area contributed by atoms with Crippen LogP contribution in [0.15, 0.2) is 0 Å². The molecule has 2 unspecified atom stereocenters. The molecule has 0 radical (unpaired) electrons. The van der Waals surface area contributed by atoms with Crippen LogP contribution in [-0.4, -0.2) is 23.3 Å². The van der Waals surface area contributed by atoms with Gasteiger partial charge in [0.15, 0.2) is 0 Å². The molecule has 20 heavy (non-hydrogen) atoms. The van der Waals surface area contributed by atoms with Gasteiger partial charge in [0.1, 0.15) is 5.60 Å². The number of hydrogen-bond acceptors (Lipinski definition) is 3. The van der Waals surface area contributed by atoms with Gasteiger partial charge >= 0.3 is 5.97 Å². The summed E-state index contributed by atoms with van der Waals surface area (Å²) >= 11 is 0. The van der Waals surface area contributed by atoms with Crippen molar-refractivity contribution in [3.63, 3.8) is 0 Å². The van der Waals surface area contributed by atoms with E-state index in [9.17, 15) is 9.90 Å². The van der Waals surface area contributed by atoms with Gasteiger partial charge in [0.2, 0.25) is 0 Å². The predicted molar refractivity (Wildman–Crippen MR) is 79.3 cm³/mol. The van der Waals surface area contributed by atoms with Crippen LogP contribution in [0.25, 0.3) is 0 Å². The van der Waals surface area contributed by atoms with Crippen molar-refractivity contribution in [3.05, 3.63) is 0 Å². The zero-order chi connectivity index (χ0) is 14.8. The van der Waals surface area contributed by atoms with Gasteiger partial charge in [-0.1, -0.05) is 26.2 Å². The number of carbonyl (C=O) groups excluding carboxylic acids is 1. The minimum absolute atomic E-state index is 0.0894. The zero-order valence-corrected chi connectivity index (χ0v) is 13.3. The molecule has 0 spiro atoms. The van der Waals surface area contributed by atoms with E-state index in [1.807, 2.05) is 20.8 Å². The van der Waals surface area contributed by atoms with Crippen LogP contribution in [0.5, 0.6) is 0 Å². The molecule has 2 aliphatic rings. The first kappa shape index (κ1) is 15.8. The monoisotopic (exact) mass is 282 g/mol. The van der Waals surface area contributed by atoms with Gasteiger partial charge in [0.05, 0.1) is 5.41 Å². The van der Waals surface area contributed by atoms with E-state index in [4.69, 9.17) is 4.74 Å². The van der Waals surface area contributed by atoms with Crippen LogP contribution in [0.1, 0.15) is 72.1 Å². The number of carbonyl (C=O) groups is 1. The Morgan fingerprint density at radius 1 is 1.30 bits per heavy atom. The molecule has 0 amide bonds. The van der Waals surface area contributed by atoms with Gasteiger partial charge < -0.3 is 9.84 Å². The van der Waals surface area contributed by atoms with Crippen molar-refractivity contribution in [1.29, 1.82) is 0 Å². The number of esters is 1. The Morgan fingerprint density at radius 2 is 1.90 bits per heavy atom. The number of rotatable bonds is 5. The van der Waals surface area contributed by atoms with E-state index in [1.54, 1.807) is 0 Å². The third-order valence-electron chi connectivity index (χ3n) is 5.53. The molecule has 0 saturated heterocycles. The van der Waals surface area contributed by atoms with Crippen molar-refractivity contribution in [1.82, 2.24) is 0 Å². The van der Waals surface area contributed by atoms with Crippen molar-refractivity contribution in [2.24, 2.45) is 17.3 Å². The van der Waals surface area contributed by atoms with E-state index in [0.29, 0.717) is 18.3 Å². The maximum atomic E-state index is 12.5. The van der Waals surface area contributed by atoms with Gasteiger partial charge in [0, 0.05) is 13.0 Å². The molecule has 0 heterocycles. The Hall–Kier alpha value is -0.570. The summed E-state index contributed by atoms with van der Waals surface area (Å²) in [6.45, 7) is 6.03. The van der Waals surface area contributed by atoms with Gasteiger partial charge in [-0.05, 0) is 51.4 Å². The highest BCUT2D eigenvalue weighted by molar-refractivity contribution is 5.76. The molecule has 0 aromatic rings. The second-order valence-corrected chi connectivity index (χ2v) is 7.59. The summed E-state index contributed by atoms with van der Waals surface area (Å²) in [4.78, 5) is 12.5. The number of hydrogen-bond donors (Lipinski definition) is 1. The molecule has 2 bridgehead atoms. The first-order valence-corrected chi connectivity index (χ1v) is 8.25. The van der Waals surface area contributed by atoms with E-state index >= 15 is 0 Å². The van der Waals surface area contributed by atoms with Gasteiger partial charge in [-0.2, -0.15) is 0 Å². The Morgan fingerprint density at radius 3 is 2.40 bits per heavy atom. The third-order valence-corrected chi connectivity index (χ3v) is 5.53. The van der Waals surface area contributed by atoms with Crippen molar-refractivity contribution < 1.29 is 14.6 Å². The molecule has 1 N–H and O–H groups in total. The highest BCUT2D eigenvalue weighted by Crippen LogP contribution is 2.48. The third kappa shape index (κ3) is 3.36. The second kappa shape index (κ2) is 6.05. The average molecular weight is 282 g/mol. The zero-order valence-electron chi connectivity index (χ0n) is 13.3. The van der Waals surface area contributed by atoms with E-state index in [0.717, 1.165) is 19.3 Å². The summed E-state index contributed by atoms with van der Waals surface area (Å²) in [5.41, 5.74) is -0.818. The fourth-order valence-electron chi connectivity index (χ4n) is 3.93.